The van der Waals surface area contributed by atoms with E-state index < -0.39 is 0 Å². The van der Waals surface area contributed by atoms with Crippen LogP contribution in [0.25, 0.3) is 6.08 Å². The molecule has 2 rings (SSSR count). The summed E-state index contributed by atoms with van der Waals surface area (Å²) in [4.78, 5) is 12.5. The monoisotopic (exact) mass is 262 g/mol. The third-order valence-corrected chi connectivity index (χ3v) is 3.34. The van der Waals surface area contributed by atoms with Gasteiger partial charge in [-0.3, -0.25) is 10.1 Å². The Labute approximate surface area is 112 Å². The first-order chi connectivity index (χ1) is 9.11. The summed E-state index contributed by atoms with van der Waals surface area (Å²) in [6.45, 7) is 3.51. The zero-order chi connectivity index (χ0) is 13.8. The van der Waals surface area contributed by atoms with Gasteiger partial charge in [-0.1, -0.05) is 6.07 Å². The summed E-state index contributed by atoms with van der Waals surface area (Å²) in [6, 6.07) is 5.93. The molecule has 5 nitrogen and oxygen atoms in total. The Kier molecular flexibility index (Phi) is 4.16. The molecule has 102 valence electrons. The van der Waals surface area contributed by atoms with Crippen LogP contribution in [0.3, 0.4) is 0 Å². The van der Waals surface area contributed by atoms with Gasteiger partial charge in [-0.15, -0.1) is 0 Å². The molecular formula is C14H18N2O3. The van der Waals surface area contributed by atoms with Gasteiger partial charge in [0.2, 0.25) is 5.70 Å². The van der Waals surface area contributed by atoms with Crippen molar-refractivity contribution in [3.05, 3.63) is 45.1 Å². The zero-order valence-corrected chi connectivity index (χ0v) is 11.0. The summed E-state index contributed by atoms with van der Waals surface area (Å²) in [5.41, 5.74) is 3.43. The van der Waals surface area contributed by atoms with E-state index in [1.54, 1.807) is 6.08 Å². The highest BCUT2D eigenvalue weighted by Gasteiger charge is 2.18. The van der Waals surface area contributed by atoms with Gasteiger partial charge in [0.25, 0.3) is 0 Å². The lowest BCUT2D eigenvalue weighted by molar-refractivity contribution is -0.422. The predicted molar refractivity (Wildman–Crippen MR) is 74.7 cm³/mol. The maximum absolute atomic E-state index is 10.6. The molecule has 0 bridgehead atoms. The Hall–Kier alpha value is -1.88. The highest BCUT2D eigenvalue weighted by Crippen LogP contribution is 2.29. The summed E-state index contributed by atoms with van der Waals surface area (Å²) in [6.07, 6.45) is 3.32. The number of allylic oxidation sites excluding steroid dienone is 1. The van der Waals surface area contributed by atoms with E-state index in [1.807, 2.05) is 18.2 Å². The van der Waals surface area contributed by atoms with Crippen molar-refractivity contribution < 1.29 is 10.0 Å². The van der Waals surface area contributed by atoms with Crippen molar-refractivity contribution >= 4 is 11.8 Å². The summed E-state index contributed by atoms with van der Waals surface area (Å²) in [5, 5.41) is 19.5. The topological polar surface area (TPSA) is 66.6 Å². The molecule has 0 spiro atoms. The highest BCUT2D eigenvalue weighted by atomic mass is 16.6. The normalized spacial score (nSPS) is 14.6. The van der Waals surface area contributed by atoms with Crippen LogP contribution in [0, 0.1) is 10.1 Å². The molecular weight excluding hydrogens is 244 g/mol. The van der Waals surface area contributed by atoms with Crippen LogP contribution in [-0.4, -0.2) is 29.7 Å². The molecule has 5 heteroatoms. The van der Waals surface area contributed by atoms with Crippen LogP contribution in [0.1, 0.15) is 24.5 Å². The third kappa shape index (κ3) is 3.12. The molecule has 0 aliphatic carbocycles. The molecule has 1 aliphatic rings. The maximum Gasteiger partial charge on any atom is 0.243 e. The number of fused-ring (bicyclic) bond motifs is 1. The van der Waals surface area contributed by atoms with Gasteiger partial charge in [0, 0.05) is 38.4 Å². The lowest BCUT2D eigenvalue weighted by atomic mass is 10.1. The predicted octanol–water partition coefficient (Wildman–Crippen LogP) is 2.07. The van der Waals surface area contributed by atoms with E-state index in [9.17, 15) is 10.1 Å². The average molecular weight is 262 g/mol. The molecule has 0 fully saturated rings. The molecule has 1 aromatic rings. The SMILES string of the molecule is C/C(=C\c1ccc2c(c1)CCN2CCCO)[N+](=O)[O-]. The molecule has 0 aromatic heterocycles. The van der Waals surface area contributed by atoms with Gasteiger partial charge in [-0.2, -0.15) is 0 Å². The second kappa shape index (κ2) is 5.84. The second-order valence-electron chi connectivity index (χ2n) is 4.75. The first kappa shape index (κ1) is 13.5. The van der Waals surface area contributed by atoms with Gasteiger partial charge in [-0.05, 0) is 36.1 Å². The fourth-order valence-electron chi connectivity index (χ4n) is 2.37. The van der Waals surface area contributed by atoms with Crippen molar-refractivity contribution in [3.8, 4) is 0 Å². The van der Waals surface area contributed by atoms with Crippen LogP contribution in [0.4, 0.5) is 5.69 Å². The van der Waals surface area contributed by atoms with Gasteiger partial charge >= 0.3 is 0 Å². The number of rotatable bonds is 5. The minimum absolute atomic E-state index is 0.148. The quantitative estimate of drug-likeness (QED) is 0.651. The van der Waals surface area contributed by atoms with E-state index in [2.05, 4.69) is 4.90 Å². The average Bonchev–Trinajstić information content (AvgIpc) is 2.78. The van der Waals surface area contributed by atoms with E-state index in [-0.39, 0.29) is 17.2 Å². The summed E-state index contributed by atoms with van der Waals surface area (Å²) < 4.78 is 0. The molecule has 0 saturated heterocycles. The Bertz CT molecular complexity index is 511. The van der Waals surface area contributed by atoms with Crippen molar-refractivity contribution in [2.45, 2.75) is 19.8 Å². The lowest BCUT2D eigenvalue weighted by Crippen LogP contribution is -2.22. The number of nitro groups is 1. The van der Waals surface area contributed by atoms with Gasteiger partial charge in [0.1, 0.15) is 0 Å². The standard InChI is InChI=1S/C14H18N2O3/c1-11(16(18)19)9-12-3-4-14-13(10-12)5-7-15(14)6-2-8-17/h3-4,9-10,17H,2,5-8H2,1H3/b11-9+. The molecule has 0 saturated carbocycles. The number of aliphatic hydroxyl groups excluding tert-OH is 1. The minimum atomic E-state index is -0.374. The van der Waals surface area contributed by atoms with Gasteiger partial charge < -0.3 is 10.0 Å². The van der Waals surface area contributed by atoms with Gasteiger partial charge in [0.05, 0.1) is 4.92 Å². The second-order valence-corrected chi connectivity index (χ2v) is 4.75. The molecule has 19 heavy (non-hydrogen) atoms. The van der Waals surface area contributed by atoms with Gasteiger partial charge in [0.15, 0.2) is 0 Å². The Morgan fingerprint density at radius 3 is 3.05 bits per heavy atom. The largest absolute Gasteiger partial charge is 0.396 e. The van der Waals surface area contributed by atoms with Crippen LogP contribution in [-0.2, 0) is 6.42 Å². The number of hydrogen-bond acceptors (Lipinski definition) is 4. The third-order valence-electron chi connectivity index (χ3n) is 3.34. The first-order valence-corrected chi connectivity index (χ1v) is 6.43. The molecule has 1 aromatic carbocycles. The maximum atomic E-state index is 10.6. The van der Waals surface area contributed by atoms with Crippen molar-refractivity contribution in [1.29, 1.82) is 0 Å². The van der Waals surface area contributed by atoms with E-state index in [0.29, 0.717) is 0 Å². The van der Waals surface area contributed by atoms with E-state index in [0.717, 1.165) is 31.5 Å². The first-order valence-electron chi connectivity index (χ1n) is 6.43. The van der Waals surface area contributed by atoms with Crippen molar-refractivity contribution in [3.63, 3.8) is 0 Å². The number of benzene rings is 1. The Morgan fingerprint density at radius 2 is 2.37 bits per heavy atom. The molecule has 0 radical (unpaired) electrons. The highest BCUT2D eigenvalue weighted by molar-refractivity contribution is 5.64. The summed E-state index contributed by atoms with van der Waals surface area (Å²) in [5.74, 6) is 0. The number of anilines is 1. The van der Waals surface area contributed by atoms with Crippen LogP contribution in [0.5, 0.6) is 0 Å². The van der Waals surface area contributed by atoms with E-state index in [1.165, 1.54) is 18.2 Å². The summed E-state index contributed by atoms with van der Waals surface area (Å²) >= 11 is 0. The smallest absolute Gasteiger partial charge is 0.243 e. The lowest BCUT2D eigenvalue weighted by Gasteiger charge is -2.18. The molecule has 0 unspecified atom stereocenters. The number of aliphatic hydroxyl groups is 1. The number of hydrogen-bond donors (Lipinski definition) is 1. The number of nitrogens with zero attached hydrogens (tertiary/aromatic N) is 2. The fourth-order valence-corrected chi connectivity index (χ4v) is 2.37. The molecule has 0 atom stereocenters. The van der Waals surface area contributed by atoms with Crippen molar-refractivity contribution in [2.24, 2.45) is 0 Å². The Balaban J connectivity index is 2.18. The molecule has 1 N–H and O–H groups in total. The molecule has 1 aliphatic heterocycles. The van der Waals surface area contributed by atoms with Crippen molar-refractivity contribution in [2.75, 3.05) is 24.6 Å². The van der Waals surface area contributed by atoms with Crippen molar-refractivity contribution in [1.82, 2.24) is 0 Å². The van der Waals surface area contributed by atoms with Crippen LogP contribution in [0.2, 0.25) is 0 Å². The minimum Gasteiger partial charge on any atom is -0.396 e. The van der Waals surface area contributed by atoms with E-state index >= 15 is 0 Å². The fraction of sp³-hybridized carbons (Fsp3) is 0.429. The zero-order valence-electron chi connectivity index (χ0n) is 11.0. The molecule has 1 heterocycles. The molecule has 0 amide bonds. The Morgan fingerprint density at radius 1 is 1.58 bits per heavy atom. The summed E-state index contributed by atoms with van der Waals surface area (Å²) in [7, 11) is 0. The van der Waals surface area contributed by atoms with Gasteiger partial charge in [-0.25, -0.2) is 0 Å². The van der Waals surface area contributed by atoms with Crippen LogP contribution >= 0.6 is 0 Å². The van der Waals surface area contributed by atoms with Crippen LogP contribution in [0.15, 0.2) is 23.9 Å². The van der Waals surface area contributed by atoms with E-state index in [4.69, 9.17) is 5.11 Å². The van der Waals surface area contributed by atoms with Crippen LogP contribution < -0.4 is 4.90 Å².